The molecule has 0 saturated carbocycles. The molecular formula is C16H12ClN3O4S. The number of aromatic nitrogens is 1. The largest absolute Gasteiger partial charge is 0.458 e. The number of carbonyl (C=O) groups excluding carboxylic acids is 1. The van der Waals surface area contributed by atoms with Crippen LogP contribution in [0, 0.1) is 17.0 Å². The molecule has 0 spiro atoms. The van der Waals surface area contributed by atoms with Gasteiger partial charge in [-0.2, -0.15) is 0 Å². The molecule has 9 heteroatoms. The second-order valence-electron chi connectivity index (χ2n) is 5.12. The summed E-state index contributed by atoms with van der Waals surface area (Å²) in [5.74, 6) is 0.633. The van der Waals surface area contributed by atoms with E-state index in [-0.39, 0.29) is 22.8 Å². The molecule has 7 nitrogen and oxygen atoms in total. The lowest BCUT2D eigenvalue weighted by atomic mass is 10.2. The van der Waals surface area contributed by atoms with E-state index in [9.17, 15) is 14.9 Å². The summed E-state index contributed by atoms with van der Waals surface area (Å²) in [4.78, 5) is 26.8. The minimum Gasteiger partial charge on any atom is -0.458 e. The van der Waals surface area contributed by atoms with Gasteiger partial charge in [-0.05, 0) is 25.1 Å². The van der Waals surface area contributed by atoms with Gasteiger partial charge in [0.2, 0.25) is 0 Å². The number of rotatable bonds is 5. The van der Waals surface area contributed by atoms with Crippen molar-refractivity contribution in [3.05, 3.63) is 67.2 Å². The molecule has 0 saturated heterocycles. The third kappa shape index (κ3) is 3.86. The first-order valence-electron chi connectivity index (χ1n) is 7.17. The first-order valence-corrected chi connectivity index (χ1v) is 8.43. The third-order valence-electron chi connectivity index (χ3n) is 3.36. The fourth-order valence-electron chi connectivity index (χ4n) is 2.15. The average molecular weight is 378 g/mol. The third-order valence-corrected chi connectivity index (χ3v) is 4.46. The molecule has 1 aromatic carbocycles. The van der Waals surface area contributed by atoms with Crippen molar-refractivity contribution in [1.29, 1.82) is 0 Å². The van der Waals surface area contributed by atoms with Crippen molar-refractivity contribution in [2.45, 2.75) is 13.5 Å². The molecule has 1 N–H and O–H groups in total. The quantitative estimate of drug-likeness (QED) is 0.530. The van der Waals surface area contributed by atoms with Gasteiger partial charge in [0.1, 0.15) is 11.5 Å². The number of hydrogen-bond donors (Lipinski definition) is 1. The second-order valence-corrected chi connectivity index (χ2v) is 6.59. The number of nitrogens with one attached hydrogen (secondary N) is 1. The van der Waals surface area contributed by atoms with Crippen molar-refractivity contribution in [3.8, 4) is 11.5 Å². The van der Waals surface area contributed by atoms with Gasteiger partial charge >= 0.3 is 0 Å². The van der Waals surface area contributed by atoms with Crippen LogP contribution in [0.25, 0.3) is 11.5 Å². The lowest BCUT2D eigenvalue weighted by molar-refractivity contribution is -0.384. The zero-order valence-corrected chi connectivity index (χ0v) is 14.6. The molecule has 0 aliphatic carbocycles. The van der Waals surface area contributed by atoms with Crippen LogP contribution in [0.1, 0.15) is 21.1 Å². The van der Waals surface area contributed by atoms with Crippen molar-refractivity contribution in [2.75, 3.05) is 0 Å². The Morgan fingerprint density at radius 3 is 2.88 bits per heavy atom. The summed E-state index contributed by atoms with van der Waals surface area (Å²) in [6.45, 7) is 2.03. The van der Waals surface area contributed by atoms with E-state index in [0.717, 1.165) is 16.8 Å². The molecule has 25 heavy (non-hydrogen) atoms. The SMILES string of the molecule is Cc1nc(-c2ccc(CNC(=O)c3cc([N+](=O)[O-])ccc3Cl)o2)cs1. The number of nitro groups is 1. The highest BCUT2D eigenvalue weighted by Crippen LogP contribution is 2.24. The number of hydrogen-bond acceptors (Lipinski definition) is 6. The molecule has 0 aliphatic heterocycles. The highest BCUT2D eigenvalue weighted by atomic mass is 35.5. The molecular weight excluding hydrogens is 366 g/mol. The van der Waals surface area contributed by atoms with Gasteiger partial charge in [0.15, 0.2) is 5.76 Å². The van der Waals surface area contributed by atoms with Gasteiger partial charge in [0, 0.05) is 17.5 Å². The Labute approximate surface area is 151 Å². The summed E-state index contributed by atoms with van der Waals surface area (Å²) in [6, 6.07) is 7.22. The molecule has 1 amide bonds. The average Bonchev–Trinajstić information content (AvgIpc) is 3.21. The van der Waals surface area contributed by atoms with Crippen molar-refractivity contribution in [3.63, 3.8) is 0 Å². The molecule has 3 rings (SSSR count). The van der Waals surface area contributed by atoms with E-state index >= 15 is 0 Å². The van der Waals surface area contributed by atoms with Crippen molar-refractivity contribution in [2.24, 2.45) is 0 Å². The van der Waals surface area contributed by atoms with Crippen LogP contribution in [0.5, 0.6) is 0 Å². The minimum absolute atomic E-state index is 0.0396. The normalized spacial score (nSPS) is 10.6. The fourth-order valence-corrected chi connectivity index (χ4v) is 2.96. The molecule has 2 aromatic heterocycles. The topological polar surface area (TPSA) is 98.3 Å². The van der Waals surface area contributed by atoms with Crippen LogP contribution in [0.15, 0.2) is 40.1 Å². The van der Waals surface area contributed by atoms with Crippen molar-refractivity contribution in [1.82, 2.24) is 10.3 Å². The Balaban J connectivity index is 1.70. The van der Waals surface area contributed by atoms with Crippen LogP contribution in [-0.2, 0) is 6.54 Å². The number of aryl methyl sites for hydroxylation is 1. The van der Waals surface area contributed by atoms with Gasteiger partial charge in [0.05, 0.1) is 27.1 Å². The monoisotopic (exact) mass is 377 g/mol. The Morgan fingerprint density at radius 1 is 1.40 bits per heavy atom. The highest BCUT2D eigenvalue weighted by molar-refractivity contribution is 7.09. The van der Waals surface area contributed by atoms with Crippen LogP contribution in [0.2, 0.25) is 5.02 Å². The summed E-state index contributed by atoms with van der Waals surface area (Å²) < 4.78 is 5.65. The molecule has 0 bridgehead atoms. The van der Waals surface area contributed by atoms with Gasteiger partial charge in [-0.3, -0.25) is 14.9 Å². The Kier molecular flexibility index (Phi) is 4.82. The molecule has 2 heterocycles. The van der Waals surface area contributed by atoms with E-state index in [0.29, 0.717) is 11.5 Å². The van der Waals surface area contributed by atoms with E-state index in [1.54, 1.807) is 12.1 Å². The predicted molar refractivity (Wildman–Crippen MR) is 93.8 cm³/mol. The maximum atomic E-state index is 12.2. The minimum atomic E-state index is -0.582. The van der Waals surface area contributed by atoms with Crippen LogP contribution >= 0.6 is 22.9 Å². The van der Waals surface area contributed by atoms with Crippen molar-refractivity contribution < 1.29 is 14.1 Å². The van der Waals surface area contributed by atoms with E-state index in [1.165, 1.54) is 23.5 Å². The Bertz CT molecular complexity index is 951. The van der Waals surface area contributed by atoms with E-state index in [2.05, 4.69) is 10.3 Å². The second kappa shape index (κ2) is 7.04. The number of nitrogens with zero attached hydrogens (tertiary/aromatic N) is 2. The predicted octanol–water partition coefficient (Wildman–Crippen LogP) is 4.20. The number of non-ortho nitro benzene ring substituents is 1. The Morgan fingerprint density at radius 2 is 2.20 bits per heavy atom. The highest BCUT2D eigenvalue weighted by Gasteiger charge is 2.16. The smallest absolute Gasteiger partial charge is 0.270 e. The number of amides is 1. The number of halogens is 1. The van der Waals surface area contributed by atoms with Gasteiger partial charge < -0.3 is 9.73 Å². The molecule has 0 aliphatic rings. The molecule has 0 radical (unpaired) electrons. The zero-order valence-electron chi connectivity index (χ0n) is 13.0. The lowest BCUT2D eigenvalue weighted by Gasteiger charge is -2.05. The van der Waals surface area contributed by atoms with E-state index < -0.39 is 10.8 Å². The standard InChI is InChI=1S/C16H12ClN3O4S/c1-9-19-14(8-25-9)15-5-3-11(24-15)7-18-16(21)12-6-10(20(22)23)2-4-13(12)17/h2-6,8H,7H2,1H3,(H,18,21). The molecule has 128 valence electrons. The molecule has 0 unspecified atom stereocenters. The van der Waals surface area contributed by atoms with Crippen LogP contribution in [0.4, 0.5) is 5.69 Å². The van der Waals surface area contributed by atoms with E-state index in [1.807, 2.05) is 12.3 Å². The van der Waals surface area contributed by atoms with E-state index in [4.69, 9.17) is 16.0 Å². The van der Waals surface area contributed by atoms with Crippen LogP contribution < -0.4 is 5.32 Å². The maximum absolute atomic E-state index is 12.2. The number of thiazole rings is 1. The lowest BCUT2D eigenvalue weighted by Crippen LogP contribution is -2.23. The van der Waals surface area contributed by atoms with Gasteiger partial charge in [-0.15, -0.1) is 11.3 Å². The Hall–Kier alpha value is -2.71. The van der Waals surface area contributed by atoms with Gasteiger partial charge in [-0.25, -0.2) is 4.98 Å². The summed E-state index contributed by atoms with van der Waals surface area (Å²) in [6.07, 6.45) is 0. The summed E-state index contributed by atoms with van der Waals surface area (Å²) in [5, 5.41) is 16.4. The number of nitro benzene ring substituents is 1. The first-order chi connectivity index (χ1) is 11.9. The number of carbonyl (C=O) groups is 1. The van der Waals surface area contributed by atoms with Crippen LogP contribution in [0.3, 0.4) is 0 Å². The van der Waals surface area contributed by atoms with Crippen LogP contribution in [-0.4, -0.2) is 15.8 Å². The number of benzene rings is 1. The first kappa shape index (κ1) is 17.1. The summed E-state index contributed by atoms with van der Waals surface area (Å²) >= 11 is 7.47. The molecule has 0 fully saturated rings. The zero-order chi connectivity index (χ0) is 18.0. The van der Waals surface area contributed by atoms with Gasteiger partial charge in [-0.1, -0.05) is 11.6 Å². The molecule has 3 aromatic rings. The summed E-state index contributed by atoms with van der Waals surface area (Å²) in [5.41, 5.74) is 0.577. The fraction of sp³-hybridized carbons (Fsp3) is 0.125. The van der Waals surface area contributed by atoms with Gasteiger partial charge in [0.25, 0.3) is 11.6 Å². The summed E-state index contributed by atoms with van der Waals surface area (Å²) in [7, 11) is 0. The number of furan rings is 1. The van der Waals surface area contributed by atoms with Crippen molar-refractivity contribution >= 4 is 34.5 Å². The molecule has 0 atom stereocenters. The maximum Gasteiger partial charge on any atom is 0.270 e.